The van der Waals surface area contributed by atoms with E-state index in [-0.39, 0.29) is 11.4 Å². The molecule has 1 aromatic carbocycles. The highest BCUT2D eigenvalue weighted by Gasteiger charge is 2.17. The summed E-state index contributed by atoms with van der Waals surface area (Å²) in [6.07, 6.45) is 1.22. The Labute approximate surface area is 133 Å². The molecule has 0 saturated heterocycles. The molecule has 2 rings (SSSR count). The largest absolute Gasteiger partial charge is 0.504 e. The first-order chi connectivity index (χ1) is 10.9. The molecule has 0 bridgehead atoms. The van der Waals surface area contributed by atoms with Gasteiger partial charge in [-0.25, -0.2) is 14.0 Å². The normalized spacial score (nSPS) is 10.4. The minimum absolute atomic E-state index is 0.106. The van der Waals surface area contributed by atoms with Crippen molar-refractivity contribution in [2.45, 2.75) is 13.8 Å². The minimum atomic E-state index is -1.37. The van der Waals surface area contributed by atoms with Gasteiger partial charge < -0.3 is 9.84 Å². The smallest absolute Gasteiger partial charge is 0.338 e. The van der Waals surface area contributed by atoms with Crippen molar-refractivity contribution in [1.29, 1.82) is 0 Å². The molecule has 118 valence electrons. The molecule has 2 aromatic rings. The number of ether oxygens (including phenoxy) is 1. The Hall–Kier alpha value is -2.94. The van der Waals surface area contributed by atoms with E-state index in [2.05, 4.69) is 9.83 Å². The Kier molecular flexibility index (Phi) is 4.91. The lowest BCUT2D eigenvalue weighted by molar-refractivity contribution is 0.0692. The molecule has 0 atom stereocenters. The third kappa shape index (κ3) is 3.64. The molecule has 0 radical (unpaired) electrons. The van der Waals surface area contributed by atoms with E-state index in [1.807, 2.05) is 13.8 Å². The molecule has 0 amide bonds. The Morgan fingerprint density at radius 2 is 2.17 bits per heavy atom. The van der Waals surface area contributed by atoms with Crippen LogP contribution in [0, 0.1) is 18.3 Å². The lowest BCUT2D eigenvalue weighted by Gasteiger charge is -2.12. The predicted octanol–water partition coefficient (Wildman–Crippen LogP) is 4.17. The molecule has 1 heterocycles. The van der Waals surface area contributed by atoms with Crippen LogP contribution < -0.4 is 4.74 Å². The summed E-state index contributed by atoms with van der Waals surface area (Å²) < 4.78 is 19.8. The Bertz CT molecular complexity index is 782. The highest BCUT2D eigenvalue weighted by Crippen LogP contribution is 2.33. The van der Waals surface area contributed by atoms with Crippen LogP contribution in [0.2, 0.25) is 0 Å². The van der Waals surface area contributed by atoms with E-state index in [0.717, 1.165) is 6.07 Å². The van der Waals surface area contributed by atoms with Gasteiger partial charge in [-0.2, -0.15) is 0 Å². The summed E-state index contributed by atoms with van der Waals surface area (Å²) in [5, 5.41) is 8.97. The van der Waals surface area contributed by atoms with Gasteiger partial charge in [0, 0.05) is 6.20 Å². The quantitative estimate of drug-likeness (QED) is 0.841. The summed E-state index contributed by atoms with van der Waals surface area (Å²) in [5.74, 6) is -1.58. The second kappa shape index (κ2) is 6.88. The molecule has 0 fully saturated rings. The average Bonchev–Trinajstić information content (AvgIpc) is 2.52. The lowest BCUT2D eigenvalue weighted by atomic mass is 10.1. The number of benzene rings is 1. The minimum Gasteiger partial charge on any atom is -0.504 e. The summed E-state index contributed by atoms with van der Waals surface area (Å²) in [7, 11) is 0. The van der Waals surface area contributed by atoms with Crippen molar-refractivity contribution in [2.24, 2.45) is 5.92 Å². The van der Waals surface area contributed by atoms with Crippen molar-refractivity contribution in [1.82, 2.24) is 4.98 Å². The second-order valence-electron chi connectivity index (χ2n) is 5.33. The van der Waals surface area contributed by atoms with Crippen molar-refractivity contribution in [3.05, 3.63) is 53.3 Å². The van der Waals surface area contributed by atoms with E-state index < -0.39 is 17.3 Å². The van der Waals surface area contributed by atoms with Crippen LogP contribution in [0.15, 0.2) is 30.5 Å². The number of pyridine rings is 1. The monoisotopic (exact) mass is 314 g/mol. The highest BCUT2D eigenvalue weighted by atomic mass is 19.1. The van der Waals surface area contributed by atoms with Crippen molar-refractivity contribution in [3.8, 4) is 17.0 Å². The van der Waals surface area contributed by atoms with Crippen LogP contribution in [-0.4, -0.2) is 22.7 Å². The average molecular weight is 314 g/mol. The van der Waals surface area contributed by atoms with Crippen molar-refractivity contribution >= 4 is 11.7 Å². The van der Waals surface area contributed by atoms with E-state index in [1.54, 1.807) is 12.1 Å². The van der Waals surface area contributed by atoms with Gasteiger partial charge in [-0.1, -0.05) is 19.9 Å². The summed E-state index contributed by atoms with van der Waals surface area (Å²) >= 11 is 0. The van der Waals surface area contributed by atoms with Crippen LogP contribution in [0.1, 0.15) is 24.2 Å². The van der Waals surface area contributed by atoms with E-state index in [0.29, 0.717) is 23.8 Å². The van der Waals surface area contributed by atoms with Crippen LogP contribution in [0.25, 0.3) is 16.1 Å². The topological polar surface area (TPSA) is 63.8 Å². The van der Waals surface area contributed by atoms with Crippen molar-refractivity contribution < 1.29 is 19.0 Å². The maximum Gasteiger partial charge on any atom is 0.338 e. The zero-order chi connectivity index (χ0) is 17.0. The Morgan fingerprint density at radius 1 is 1.43 bits per heavy atom. The van der Waals surface area contributed by atoms with Crippen molar-refractivity contribution in [2.75, 3.05) is 6.61 Å². The number of nitrogens with zero attached hydrogens (tertiary/aromatic N) is 2. The molecule has 1 N–H and O–H groups in total. The van der Waals surface area contributed by atoms with Crippen LogP contribution in [0.3, 0.4) is 0 Å². The molecule has 1 aromatic heterocycles. The van der Waals surface area contributed by atoms with Crippen LogP contribution in [0.4, 0.5) is 10.1 Å². The third-order valence-corrected chi connectivity index (χ3v) is 3.04. The second-order valence-corrected chi connectivity index (χ2v) is 5.33. The molecular weight excluding hydrogens is 299 g/mol. The van der Waals surface area contributed by atoms with Gasteiger partial charge in [-0.05, 0) is 29.7 Å². The highest BCUT2D eigenvalue weighted by molar-refractivity contribution is 5.89. The molecule has 0 saturated carbocycles. The van der Waals surface area contributed by atoms with Gasteiger partial charge in [-0.3, -0.25) is 4.98 Å². The van der Waals surface area contributed by atoms with E-state index >= 15 is 0 Å². The van der Waals surface area contributed by atoms with Crippen LogP contribution in [0.5, 0.6) is 5.75 Å². The molecule has 0 unspecified atom stereocenters. The van der Waals surface area contributed by atoms with Crippen LogP contribution >= 0.6 is 0 Å². The molecule has 5 nitrogen and oxygen atoms in total. The van der Waals surface area contributed by atoms with E-state index in [9.17, 15) is 9.18 Å². The standard InChI is InChI=1S/C17H15FN2O3/c1-10(2)9-23-14-5-4-11(8-13(14)19-3)16-15(18)12(17(21)22)6-7-20-16/h4-8,10H,9H2,1-2H3,(H,21,22). The first-order valence-electron chi connectivity index (χ1n) is 6.96. The maximum absolute atomic E-state index is 14.2. The lowest BCUT2D eigenvalue weighted by Crippen LogP contribution is -2.05. The Morgan fingerprint density at radius 3 is 2.78 bits per heavy atom. The zero-order valence-corrected chi connectivity index (χ0v) is 12.7. The Balaban J connectivity index is 2.44. The first kappa shape index (κ1) is 16.4. The van der Waals surface area contributed by atoms with Gasteiger partial charge >= 0.3 is 5.97 Å². The number of aromatic carboxylic acids is 1. The summed E-state index contributed by atoms with van der Waals surface area (Å²) in [4.78, 5) is 18.3. The van der Waals surface area contributed by atoms with Gasteiger partial charge in [0.15, 0.2) is 5.82 Å². The number of carbonyl (C=O) groups is 1. The molecule has 0 aliphatic heterocycles. The van der Waals surface area contributed by atoms with Gasteiger partial charge in [0.1, 0.15) is 11.4 Å². The van der Waals surface area contributed by atoms with Gasteiger partial charge in [-0.15, -0.1) is 0 Å². The summed E-state index contributed by atoms with van der Waals surface area (Å²) in [6.45, 7) is 11.7. The van der Waals surface area contributed by atoms with Gasteiger partial charge in [0.05, 0.1) is 18.7 Å². The number of carboxylic acids is 1. The molecule has 0 aliphatic carbocycles. The zero-order valence-electron chi connectivity index (χ0n) is 12.7. The maximum atomic E-state index is 14.2. The fraction of sp³-hybridized carbons (Fsp3) is 0.235. The fourth-order valence-electron chi connectivity index (χ4n) is 1.94. The van der Waals surface area contributed by atoms with Gasteiger partial charge in [0.2, 0.25) is 5.69 Å². The molecular formula is C17H15FN2O3. The first-order valence-corrected chi connectivity index (χ1v) is 6.96. The predicted molar refractivity (Wildman–Crippen MR) is 83.2 cm³/mol. The molecule has 6 heteroatoms. The number of halogens is 1. The number of hydrogen-bond acceptors (Lipinski definition) is 3. The van der Waals surface area contributed by atoms with E-state index in [1.165, 1.54) is 12.3 Å². The number of carboxylic acid groups (broad SMARTS) is 1. The summed E-state index contributed by atoms with van der Waals surface area (Å²) in [5.41, 5.74) is -0.0109. The number of aromatic nitrogens is 1. The van der Waals surface area contributed by atoms with Crippen molar-refractivity contribution in [3.63, 3.8) is 0 Å². The summed E-state index contributed by atoms with van der Waals surface area (Å²) in [6, 6.07) is 5.66. The van der Waals surface area contributed by atoms with E-state index in [4.69, 9.17) is 16.4 Å². The van der Waals surface area contributed by atoms with Gasteiger partial charge in [0.25, 0.3) is 0 Å². The fourth-order valence-corrected chi connectivity index (χ4v) is 1.94. The van der Waals surface area contributed by atoms with Crippen LogP contribution in [-0.2, 0) is 0 Å². The molecule has 0 aliphatic rings. The number of rotatable bonds is 5. The number of hydrogen-bond donors (Lipinski definition) is 1. The third-order valence-electron chi connectivity index (χ3n) is 3.04. The molecule has 0 spiro atoms. The SMILES string of the molecule is [C-]#[N+]c1cc(-c2nccc(C(=O)O)c2F)ccc1OCC(C)C. The molecule has 23 heavy (non-hydrogen) atoms.